The highest BCUT2D eigenvalue weighted by Gasteiger charge is 2.54. The maximum atomic E-state index is 13.6. The molecule has 3 heterocycles. The van der Waals surface area contributed by atoms with Crippen LogP contribution in [0.3, 0.4) is 0 Å². The van der Waals surface area contributed by atoms with Crippen LogP contribution in [0, 0.1) is 0 Å². The van der Waals surface area contributed by atoms with E-state index in [9.17, 15) is 22.8 Å². The van der Waals surface area contributed by atoms with Crippen LogP contribution in [0.25, 0.3) is 0 Å². The van der Waals surface area contributed by atoms with Crippen molar-refractivity contribution >= 4 is 27.6 Å². The average Bonchev–Trinajstić information content (AvgIpc) is 3.45. The van der Waals surface area contributed by atoms with E-state index in [-0.39, 0.29) is 41.1 Å². The van der Waals surface area contributed by atoms with E-state index in [0.29, 0.717) is 24.8 Å². The van der Waals surface area contributed by atoms with Gasteiger partial charge >= 0.3 is 0 Å². The molecule has 1 aromatic heterocycles. The lowest BCUT2D eigenvalue weighted by Gasteiger charge is -2.28. The van der Waals surface area contributed by atoms with Gasteiger partial charge in [-0.1, -0.05) is 52.3 Å². The molecule has 0 radical (unpaired) electrons. The van der Waals surface area contributed by atoms with Crippen LogP contribution in [0.5, 0.6) is 0 Å². The van der Waals surface area contributed by atoms with Gasteiger partial charge in [-0.25, -0.2) is 13.4 Å². The summed E-state index contributed by atoms with van der Waals surface area (Å²) in [6.45, 7) is 8.13. The molecule has 0 spiro atoms. The Kier molecular flexibility index (Phi) is 7.52. The summed E-state index contributed by atoms with van der Waals surface area (Å²) >= 11 is 0. The van der Waals surface area contributed by atoms with Crippen LogP contribution in [0.2, 0.25) is 0 Å². The molecule has 9 nitrogen and oxygen atoms in total. The summed E-state index contributed by atoms with van der Waals surface area (Å²) in [6.07, 6.45) is 2.79. The molecule has 37 heavy (non-hydrogen) atoms. The lowest BCUT2D eigenvalue weighted by molar-refractivity contribution is -0.138. The Labute approximate surface area is 218 Å². The second-order valence-electron chi connectivity index (χ2n) is 10.7. The van der Waals surface area contributed by atoms with Crippen molar-refractivity contribution in [1.29, 1.82) is 0 Å². The molecule has 1 N–H and O–H groups in total. The summed E-state index contributed by atoms with van der Waals surface area (Å²) in [4.78, 5) is 45.0. The third-order valence-electron chi connectivity index (χ3n) is 7.07. The van der Waals surface area contributed by atoms with Crippen molar-refractivity contribution in [2.75, 3.05) is 13.1 Å². The number of benzene rings is 1. The van der Waals surface area contributed by atoms with Crippen molar-refractivity contribution < 1.29 is 22.8 Å². The number of fused-ring (bicyclic) bond motifs is 1. The molecular weight excluding hydrogens is 492 g/mol. The van der Waals surface area contributed by atoms with Crippen molar-refractivity contribution in [2.45, 2.75) is 75.5 Å². The first-order valence-corrected chi connectivity index (χ1v) is 14.1. The van der Waals surface area contributed by atoms with Crippen molar-refractivity contribution in [3.8, 4) is 0 Å². The van der Waals surface area contributed by atoms with Gasteiger partial charge in [0.05, 0.1) is 12.6 Å². The molecular formula is C27H34N4O5S. The van der Waals surface area contributed by atoms with Crippen LogP contribution in [0.1, 0.15) is 62.9 Å². The number of nitrogens with one attached hydrogen (secondary N) is 1. The molecule has 2 aliphatic rings. The lowest BCUT2D eigenvalue weighted by Crippen LogP contribution is -2.52. The second kappa shape index (κ2) is 10.3. The maximum absolute atomic E-state index is 13.6. The van der Waals surface area contributed by atoms with E-state index in [1.54, 1.807) is 24.3 Å². The average molecular weight is 527 g/mol. The Morgan fingerprint density at radius 1 is 1.14 bits per heavy atom. The van der Waals surface area contributed by atoms with Gasteiger partial charge in [-0.2, -0.15) is 4.31 Å². The van der Waals surface area contributed by atoms with Crippen LogP contribution in [-0.2, 0) is 25.0 Å². The minimum absolute atomic E-state index is 0.0478. The number of ketones is 1. The highest BCUT2D eigenvalue weighted by Crippen LogP contribution is 2.34. The normalized spacial score (nSPS) is 21.1. The summed E-state index contributed by atoms with van der Waals surface area (Å²) < 4.78 is 27.5. The summed E-state index contributed by atoms with van der Waals surface area (Å²) in [5.41, 5.74) is 1.50. The predicted molar refractivity (Wildman–Crippen MR) is 138 cm³/mol. The van der Waals surface area contributed by atoms with Gasteiger partial charge in [-0.05, 0) is 48.1 Å². The molecule has 10 heteroatoms. The Morgan fingerprint density at radius 3 is 2.43 bits per heavy atom. The zero-order valence-corrected chi connectivity index (χ0v) is 22.5. The van der Waals surface area contributed by atoms with E-state index >= 15 is 0 Å². The molecule has 2 amide bonds. The molecule has 1 aromatic carbocycles. The van der Waals surface area contributed by atoms with Gasteiger partial charge in [0, 0.05) is 18.3 Å². The van der Waals surface area contributed by atoms with Gasteiger partial charge in [0.25, 0.3) is 15.9 Å². The number of sulfonamides is 1. The number of rotatable bonds is 7. The molecule has 2 aromatic rings. The Bertz CT molecular complexity index is 1270. The highest BCUT2D eigenvalue weighted by atomic mass is 32.2. The zero-order chi connectivity index (χ0) is 27.0. The zero-order valence-electron chi connectivity index (χ0n) is 21.7. The van der Waals surface area contributed by atoms with Crippen molar-refractivity contribution in [3.63, 3.8) is 0 Å². The molecule has 2 saturated heterocycles. The number of nitrogens with zero attached hydrogens (tertiary/aromatic N) is 3. The first kappa shape index (κ1) is 26.9. The van der Waals surface area contributed by atoms with E-state index in [4.69, 9.17) is 0 Å². The summed E-state index contributed by atoms with van der Waals surface area (Å²) in [7, 11) is -3.98. The molecule has 0 saturated carbocycles. The fraction of sp³-hybridized carbons (Fsp3) is 0.481. The van der Waals surface area contributed by atoms with Crippen molar-refractivity contribution in [2.24, 2.45) is 0 Å². The fourth-order valence-corrected chi connectivity index (χ4v) is 6.63. The van der Waals surface area contributed by atoms with Crippen LogP contribution >= 0.6 is 0 Å². The van der Waals surface area contributed by atoms with Gasteiger partial charge < -0.3 is 10.2 Å². The summed E-state index contributed by atoms with van der Waals surface area (Å²) in [6, 6.07) is 9.57. The second-order valence-corrected chi connectivity index (χ2v) is 12.5. The Morgan fingerprint density at radius 2 is 1.84 bits per heavy atom. The van der Waals surface area contributed by atoms with E-state index < -0.39 is 28.1 Å². The third-order valence-corrected chi connectivity index (χ3v) is 8.85. The van der Waals surface area contributed by atoms with Crippen LogP contribution in [-0.4, -0.2) is 71.4 Å². The molecule has 2 fully saturated rings. The number of carbonyl (C=O) groups excluding carboxylic acids is 3. The largest absolute Gasteiger partial charge is 0.340 e. The molecule has 4 rings (SSSR count). The monoisotopic (exact) mass is 526 g/mol. The summed E-state index contributed by atoms with van der Waals surface area (Å²) in [5, 5.41) is 2.72. The third kappa shape index (κ3) is 5.31. The molecule has 3 atom stereocenters. The SMILES string of the molecule is CCCC(NC(=O)c1ccc(C(C)(C)C)cc1)C(=O)N1CCC2C1C(=O)CN2S(=O)(=O)c1ccccn1. The molecule has 0 bridgehead atoms. The molecule has 3 unspecified atom stereocenters. The van der Waals surface area contributed by atoms with Gasteiger partial charge in [-0.3, -0.25) is 14.4 Å². The minimum Gasteiger partial charge on any atom is -0.340 e. The standard InChI is InChI=1S/C27H34N4O5S/c1-5-8-20(29-25(33)18-10-12-19(13-11-18)27(2,3)4)26(34)30-16-14-21-24(30)22(32)17-31(21)37(35,36)23-9-6-7-15-28-23/h6-7,9-13,15,20-21,24H,5,8,14,16-17H2,1-4H3,(H,29,33). The number of amides is 2. The maximum Gasteiger partial charge on any atom is 0.261 e. The summed E-state index contributed by atoms with van der Waals surface area (Å²) in [5.74, 6) is -1.05. The van der Waals surface area contributed by atoms with Gasteiger partial charge in [0.2, 0.25) is 5.91 Å². The molecule has 2 aliphatic heterocycles. The van der Waals surface area contributed by atoms with Gasteiger partial charge in [-0.15, -0.1) is 0 Å². The van der Waals surface area contributed by atoms with Crippen LogP contribution in [0.4, 0.5) is 0 Å². The van der Waals surface area contributed by atoms with Gasteiger partial charge in [0.1, 0.15) is 12.1 Å². The number of hydrogen-bond acceptors (Lipinski definition) is 6. The van der Waals surface area contributed by atoms with E-state index in [0.717, 1.165) is 5.56 Å². The van der Waals surface area contributed by atoms with Crippen molar-refractivity contribution in [3.05, 3.63) is 59.8 Å². The van der Waals surface area contributed by atoms with E-state index in [1.165, 1.54) is 21.5 Å². The quantitative estimate of drug-likeness (QED) is 0.593. The van der Waals surface area contributed by atoms with E-state index in [2.05, 4.69) is 31.1 Å². The number of carbonyl (C=O) groups is 3. The number of pyridine rings is 1. The smallest absolute Gasteiger partial charge is 0.261 e. The van der Waals surface area contributed by atoms with Crippen LogP contribution < -0.4 is 5.32 Å². The van der Waals surface area contributed by atoms with Crippen LogP contribution in [0.15, 0.2) is 53.7 Å². The Hall–Kier alpha value is -3.11. The number of likely N-dealkylation sites (tertiary alicyclic amines) is 1. The molecule has 0 aliphatic carbocycles. The fourth-order valence-electron chi connectivity index (χ4n) is 5.07. The minimum atomic E-state index is -3.98. The first-order valence-electron chi connectivity index (χ1n) is 12.6. The number of aromatic nitrogens is 1. The van der Waals surface area contributed by atoms with Crippen molar-refractivity contribution in [1.82, 2.24) is 19.5 Å². The Balaban J connectivity index is 1.50. The lowest BCUT2D eigenvalue weighted by atomic mass is 9.86. The molecule has 198 valence electrons. The topological polar surface area (TPSA) is 117 Å². The highest BCUT2D eigenvalue weighted by molar-refractivity contribution is 7.89. The first-order chi connectivity index (χ1) is 17.4. The van der Waals surface area contributed by atoms with Gasteiger partial charge in [0.15, 0.2) is 10.8 Å². The predicted octanol–water partition coefficient (Wildman–Crippen LogP) is 2.52. The number of Topliss-reactive ketones (excluding diaryl/α,β-unsaturated/α-hetero) is 1. The number of hydrogen-bond donors (Lipinski definition) is 1. The van der Waals surface area contributed by atoms with E-state index in [1.807, 2.05) is 19.1 Å².